The summed E-state index contributed by atoms with van der Waals surface area (Å²) >= 11 is 1.93. The molecule has 0 aliphatic heterocycles. The average molecular weight is 114 g/mol. The van der Waals surface area contributed by atoms with Crippen molar-refractivity contribution in [3.63, 3.8) is 0 Å². The zero-order valence-electron chi connectivity index (χ0n) is 5.56. The van der Waals surface area contributed by atoms with E-state index < -0.39 is 0 Å². The summed E-state index contributed by atoms with van der Waals surface area (Å²) in [5.41, 5.74) is 0. The molecule has 0 nitrogen and oxygen atoms in total. The summed E-state index contributed by atoms with van der Waals surface area (Å²) in [4.78, 5) is 0. The van der Waals surface area contributed by atoms with Gasteiger partial charge in [0.05, 0.1) is 0 Å². The standard InChI is InChI=1S/C4H12B2S/c1-3(5)4(6)7-2/h3-4H,5-6H2,1-2H3. The summed E-state index contributed by atoms with van der Waals surface area (Å²) in [5.74, 6) is 0.829. The number of hydrogen-bond acceptors (Lipinski definition) is 1. The van der Waals surface area contributed by atoms with Gasteiger partial charge in [-0.3, -0.25) is 0 Å². The highest BCUT2D eigenvalue weighted by Gasteiger charge is 2.02. The summed E-state index contributed by atoms with van der Waals surface area (Å²) in [7, 11) is 4.51. The molecule has 0 rings (SSSR count). The Kier molecular flexibility index (Phi) is 3.72. The molecule has 0 aromatic heterocycles. The van der Waals surface area contributed by atoms with Gasteiger partial charge in [0.2, 0.25) is 0 Å². The molecule has 2 unspecified atom stereocenters. The first kappa shape index (κ1) is 7.48. The van der Waals surface area contributed by atoms with Crippen molar-refractivity contribution in [1.29, 1.82) is 0 Å². The largest absolute Gasteiger partial charge is 0.171 e. The lowest BCUT2D eigenvalue weighted by atomic mass is 9.78. The van der Waals surface area contributed by atoms with Crippen molar-refractivity contribution < 1.29 is 0 Å². The first-order valence-electron chi connectivity index (χ1n) is 2.71. The Balaban J connectivity index is 3.14. The maximum absolute atomic E-state index is 2.26. The minimum atomic E-state index is 0.819. The van der Waals surface area contributed by atoms with Gasteiger partial charge < -0.3 is 0 Å². The van der Waals surface area contributed by atoms with Gasteiger partial charge in [0.15, 0.2) is 0 Å². The van der Waals surface area contributed by atoms with Gasteiger partial charge >= 0.3 is 0 Å². The molecule has 7 heavy (non-hydrogen) atoms. The molecule has 0 bridgehead atoms. The van der Waals surface area contributed by atoms with Crippen LogP contribution in [0.25, 0.3) is 0 Å². The van der Waals surface area contributed by atoms with Crippen LogP contribution in [0.1, 0.15) is 6.92 Å². The molecule has 2 atom stereocenters. The molecule has 0 saturated heterocycles. The van der Waals surface area contributed by atoms with E-state index in [4.69, 9.17) is 0 Å². The quantitative estimate of drug-likeness (QED) is 0.446. The molecule has 0 radical (unpaired) electrons. The van der Waals surface area contributed by atoms with Crippen LogP contribution >= 0.6 is 11.8 Å². The van der Waals surface area contributed by atoms with Crippen molar-refractivity contribution in [3.05, 3.63) is 0 Å². The van der Waals surface area contributed by atoms with Gasteiger partial charge in [-0.1, -0.05) is 12.7 Å². The van der Waals surface area contributed by atoms with Crippen molar-refractivity contribution in [2.45, 2.75) is 17.9 Å². The fourth-order valence-corrected chi connectivity index (χ4v) is 0.816. The highest BCUT2D eigenvalue weighted by atomic mass is 32.2. The Morgan fingerprint density at radius 2 is 1.86 bits per heavy atom. The second-order valence-corrected chi connectivity index (χ2v) is 3.40. The van der Waals surface area contributed by atoms with Crippen molar-refractivity contribution >= 4 is 27.5 Å². The highest BCUT2D eigenvalue weighted by molar-refractivity contribution is 8.00. The first-order chi connectivity index (χ1) is 3.18. The zero-order valence-corrected chi connectivity index (χ0v) is 6.38. The van der Waals surface area contributed by atoms with Gasteiger partial charge in [0, 0.05) is 0 Å². The van der Waals surface area contributed by atoms with E-state index in [1.54, 1.807) is 0 Å². The maximum atomic E-state index is 2.26. The lowest BCUT2D eigenvalue weighted by molar-refractivity contribution is 1.04. The van der Waals surface area contributed by atoms with E-state index in [2.05, 4.69) is 28.9 Å². The van der Waals surface area contributed by atoms with Crippen LogP contribution in [-0.4, -0.2) is 27.1 Å². The third-order valence-corrected chi connectivity index (χ3v) is 2.60. The van der Waals surface area contributed by atoms with Crippen molar-refractivity contribution in [2.24, 2.45) is 0 Å². The number of rotatable bonds is 2. The van der Waals surface area contributed by atoms with E-state index in [0.717, 1.165) is 11.0 Å². The van der Waals surface area contributed by atoms with E-state index in [9.17, 15) is 0 Å². The number of hydrogen-bond donors (Lipinski definition) is 0. The highest BCUT2D eigenvalue weighted by Crippen LogP contribution is 2.13. The lowest BCUT2D eigenvalue weighted by Gasteiger charge is -2.10. The van der Waals surface area contributed by atoms with Crippen LogP contribution in [0.4, 0.5) is 0 Å². The monoisotopic (exact) mass is 114 g/mol. The molecule has 0 aliphatic carbocycles. The van der Waals surface area contributed by atoms with E-state index in [1.165, 1.54) is 0 Å². The summed E-state index contributed by atoms with van der Waals surface area (Å²) < 4.78 is 0. The molecule has 0 N–H and O–H groups in total. The normalized spacial score (nSPS) is 18.6. The molecular weight excluding hydrogens is 102 g/mol. The summed E-state index contributed by atoms with van der Waals surface area (Å²) in [5, 5.41) is 0.819. The van der Waals surface area contributed by atoms with Crippen LogP contribution in [0, 0.1) is 0 Å². The van der Waals surface area contributed by atoms with Crippen molar-refractivity contribution in [3.8, 4) is 0 Å². The Hall–Kier alpha value is 0.480. The second kappa shape index (κ2) is 3.48. The van der Waals surface area contributed by atoms with Crippen LogP contribution in [0.5, 0.6) is 0 Å². The van der Waals surface area contributed by atoms with Crippen LogP contribution in [-0.2, 0) is 0 Å². The van der Waals surface area contributed by atoms with E-state index in [-0.39, 0.29) is 0 Å². The van der Waals surface area contributed by atoms with Gasteiger partial charge in [-0.05, 0) is 11.4 Å². The molecule has 0 spiro atoms. The molecule has 0 saturated carbocycles. The molecule has 40 valence electrons. The minimum absolute atomic E-state index is 0.819. The summed E-state index contributed by atoms with van der Waals surface area (Å²) in [6.45, 7) is 2.25. The molecular formula is C4H12B2S. The fraction of sp³-hybridized carbons (Fsp3) is 1.00. The van der Waals surface area contributed by atoms with E-state index in [1.807, 2.05) is 11.8 Å². The Labute approximate surface area is 52.3 Å². The van der Waals surface area contributed by atoms with Gasteiger partial charge in [0.25, 0.3) is 0 Å². The fourth-order valence-electron chi connectivity index (χ4n) is 0.272. The second-order valence-electron chi connectivity index (χ2n) is 2.18. The minimum Gasteiger partial charge on any atom is -0.171 e. The predicted octanol–water partition coefficient (Wildman–Crippen LogP) is -0.250. The molecule has 0 heterocycles. The van der Waals surface area contributed by atoms with Gasteiger partial charge in [-0.25, -0.2) is 0 Å². The third kappa shape index (κ3) is 3.10. The first-order valence-corrected chi connectivity index (χ1v) is 4.00. The van der Waals surface area contributed by atoms with Gasteiger partial charge in [0.1, 0.15) is 15.7 Å². The van der Waals surface area contributed by atoms with E-state index in [0.29, 0.717) is 0 Å². The maximum Gasteiger partial charge on any atom is 0.117 e. The average Bonchev–Trinajstić information content (AvgIpc) is 1.65. The van der Waals surface area contributed by atoms with Crippen molar-refractivity contribution in [1.82, 2.24) is 0 Å². The van der Waals surface area contributed by atoms with Gasteiger partial charge in [-0.15, -0.1) is 0 Å². The third-order valence-electron chi connectivity index (χ3n) is 1.31. The smallest absolute Gasteiger partial charge is 0.117 e. The lowest BCUT2D eigenvalue weighted by Crippen LogP contribution is -2.07. The van der Waals surface area contributed by atoms with E-state index >= 15 is 0 Å². The van der Waals surface area contributed by atoms with Crippen LogP contribution in [0.2, 0.25) is 5.82 Å². The van der Waals surface area contributed by atoms with Crippen molar-refractivity contribution in [2.75, 3.05) is 6.26 Å². The summed E-state index contributed by atoms with van der Waals surface area (Å²) in [6, 6.07) is 0. The molecule has 0 aromatic carbocycles. The van der Waals surface area contributed by atoms with Crippen LogP contribution in [0.15, 0.2) is 0 Å². The molecule has 0 aliphatic rings. The van der Waals surface area contributed by atoms with Crippen LogP contribution in [0.3, 0.4) is 0 Å². The Morgan fingerprint density at radius 1 is 1.43 bits per heavy atom. The molecule has 0 aromatic rings. The molecule has 0 fully saturated rings. The Morgan fingerprint density at radius 3 is 1.86 bits per heavy atom. The zero-order chi connectivity index (χ0) is 5.86. The number of thioether (sulfide) groups is 1. The Bertz CT molecular complexity index is 47.0. The van der Waals surface area contributed by atoms with Crippen LogP contribution < -0.4 is 0 Å². The molecule has 3 heteroatoms. The van der Waals surface area contributed by atoms with Gasteiger partial charge in [-0.2, -0.15) is 11.8 Å². The SMILES string of the molecule is BC(C)C(B)SC. The predicted molar refractivity (Wildman–Crippen MR) is 43.8 cm³/mol. The summed E-state index contributed by atoms with van der Waals surface area (Å²) in [6.07, 6.45) is 2.16. The molecule has 0 amide bonds. The topological polar surface area (TPSA) is 0 Å².